The molecule has 1 aromatic heterocycles. The zero-order valence-electron chi connectivity index (χ0n) is 9.75. The van der Waals surface area contributed by atoms with Gasteiger partial charge in [0.1, 0.15) is 0 Å². The first kappa shape index (κ1) is 10.7. The van der Waals surface area contributed by atoms with Crippen LogP contribution in [0, 0.1) is 11.8 Å². The maximum atomic E-state index is 12.0. The lowest BCUT2D eigenvalue weighted by molar-refractivity contribution is -0.130. The molecule has 1 amide bonds. The van der Waals surface area contributed by atoms with Gasteiger partial charge in [0.2, 0.25) is 5.91 Å². The first-order valence-corrected chi connectivity index (χ1v) is 6.15. The first-order valence-electron chi connectivity index (χ1n) is 6.15. The van der Waals surface area contributed by atoms with Crippen LogP contribution in [0.3, 0.4) is 0 Å². The van der Waals surface area contributed by atoms with Crippen LogP contribution in [0.1, 0.15) is 6.42 Å². The number of carbonyl (C=O) groups is 1. The van der Waals surface area contributed by atoms with Gasteiger partial charge < -0.3 is 10.2 Å². The van der Waals surface area contributed by atoms with E-state index in [9.17, 15) is 4.79 Å². The zero-order valence-corrected chi connectivity index (χ0v) is 9.75. The van der Waals surface area contributed by atoms with E-state index in [2.05, 4.69) is 15.6 Å². The molecule has 0 saturated carbocycles. The third-order valence-corrected chi connectivity index (χ3v) is 3.77. The molecule has 2 aliphatic rings. The molecule has 92 valence electrons. The second-order valence-corrected chi connectivity index (χ2v) is 4.89. The van der Waals surface area contributed by atoms with Gasteiger partial charge in [-0.05, 0) is 11.8 Å². The second kappa shape index (κ2) is 4.44. The lowest BCUT2D eigenvalue weighted by atomic mass is 10.0. The van der Waals surface area contributed by atoms with Gasteiger partial charge in [-0.1, -0.05) is 5.21 Å². The van der Waals surface area contributed by atoms with E-state index in [1.165, 1.54) is 0 Å². The molecule has 0 aliphatic carbocycles. The van der Waals surface area contributed by atoms with Crippen molar-refractivity contribution < 1.29 is 4.79 Å². The first-order chi connectivity index (χ1) is 8.33. The number of carbonyl (C=O) groups excluding carboxylic acids is 1. The summed E-state index contributed by atoms with van der Waals surface area (Å²) in [4.78, 5) is 14.0. The Labute approximate surface area is 100.0 Å². The number of nitrogens with one attached hydrogen (secondary N) is 1. The Kier molecular flexibility index (Phi) is 2.80. The van der Waals surface area contributed by atoms with Crippen LogP contribution in [-0.4, -0.2) is 52.0 Å². The number of hydrogen-bond acceptors (Lipinski definition) is 4. The van der Waals surface area contributed by atoms with Crippen molar-refractivity contribution in [1.82, 2.24) is 25.2 Å². The minimum Gasteiger partial charge on any atom is -0.342 e. The molecule has 0 radical (unpaired) electrons. The Balaban J connectivity index is 1.50. The number of amides is 1. The van der Waals surface area contributed by atoms with Crippen LogP contribution in [0.15, 0.2) is 12.4 Å². The Morgan fingerprint density at radius 3 is 2.76 bits per heavy atom. The van der Waals surface area contributed by atoms with E-state index in [1.807, 2.05) is 4.90 Å². The lowest BCUT2D eigenvalue weighted by Crippen LogP contribution is -2.32. The highest BCUT2D eigenvalue weighted by molar-refractivity contribution is 5.76. The number of likely N-dealkylation sites (tertiary alicyclic amines) is 1. The van der Waals surface area contributed by atoms with Crippen LogP contribution >= 0.6 is 0 Å². The van der Waals surface area contributed by atoms with E-state index in [4.69, 9.17) is 0 Å². The number of aromatic nitrogens is 3. The molecule has 3 rings (SSSR count). The van der Waals surface area contributed by atoms with Crippen LogP contribution in [0.25, 0.3) is 0 Å². The van der Waals surface area contributed by atoms with Crippen molar-refractivity contribution in [2.24, 2.45) is 11.8 Å². The fourth-order valence-electron chi connectivity index (χ4n) is 2.78. The third-order valence-electron chi connectivity index (χ3n) is 3.77. The summed E-state index contributed by atoms with van der Waals surface area (Å²) in [6, 6.07) is 0. The Bertz CT molecular complexity index is 379. The van der Waals surface area contributed by atoms with Crippen molar-refractivity contribution in [2.75, 3.05) is 26.2 Å². The fourth-order valence-corrected chi connectivity index (χ4v) is 2.78. The summed E-state index contributed by atoms with van der Waals surface area (Å²) in [5.74, 6) is 1.59. The van der Waals surface area contributed by atoms with Crippen molar-refractivity contribution >= 4 is 5.91 Å². The molecule has 1 aromatic rings. The summed E-state index contributed by atoms with van der Waals surface area (Å²) in [5, 5.41) is 11.0. The minimum absolute atomic E-state index is 0.245. The standard InChI is InChI=1S/C11H17N5O/c17-11(1-3-16-4-2-13-14-16)15-7-9-5-12-6-10(9)8-15/h2,4,9-10,12H,1,3,5-8H2. The number of hydrogen-bond donors (Lipinski definition) is 1. The summed E-state index contributed by atoms with van der Waals surface area (Å²) < 4.78 is 1.70. The smallest absolute Gasteiger partial charge is 0.224 e. The molecule has 6 heteroatoms. The van der Waals surface area contributed by atoms with Crippen molar-refractivity contribution in [2.45, 2.75) is 13.0 Å². The highest BCUT2D eigenvalue weighted by Gasteiger charge is 2.37. The van der Waals surface area contributed by atoms with E-state index in [0.717, 1.165) is 26.2 Å². The molecular weight excluding hydrogens is 218 g/mol. The molecule has 2 saturated heterocycles. The van der Waals surface area contributed by atoms with Crippen LogP contribution < -0.4 is 5.32 Å². The topological polar surface area (TPSA) is 63.1 Å². The molecule has 2 aliphatic heterocycles. The SMILES string of the molecule is O=C(CCn1ccnn1)N1CC2CNCC2C1. The zero-order chi connectivity index (χ0) is 11.7. The summed E-state index contributed by atoms with van der Waals surface area (Å²) in [6.45, 7) is 4.61. The molecule has 2 atom stereocenters. The maximum absolute atomic E-state index is 12.0. The van der Waals surface area contributed by atoms with Gasteiger partial charge >= 0.3 is 0 Å². The summed E-state index contributed by atoms with van der Waals surface area (Å²) >= 11 is 0. The average Bonchev–Trinajstić information content (AvgIpc) is 3.01. The van der Waals surface area contributed by atoms with Crippen molar-refractivity contribution in [1.29, 1.82) is 0 Å². The van der Waals surface area contributed by atoms with Gasteiger partial charge in [0.15, 0.2) is 0 Å². The van der Waals surface area contributed by atoms with Crippen molar-refractivity contribution in [3.05, 3.63) is 12.4 Å². The van der Waals surface area contributed by atoms with Gasteiger partial charge in [0, 0.05) is 38.8 Å². The minimum atomic E-state index is 0.245. The normalized spacial score (nSPS) is 27.4. The van der Waals surface area contributed by atoms with Crippen LogP contribution in [0.2, 0.25) is 0 Å². The summed E-state index contributed by atoms with van der Waals surface area (Å²) in [6.07, 6.45) is 3.95. The predicted octanol–water partition coefficient (Wildman–Crippen LogP) is -0.654. The van der Waals surface area contributed by atoms with Crippen LogP contribution in [0.5, 0.6) is 0 Å². The van der Waals surface area contributed by atoms with Gasteiger partial charge in [-0.15, -0.1) is 5.10 Å². The number of rotatable bonds is 3. The fraction of sp³-hybridized carbons (Fsp3) is 0.727. The highest BCUT2D eigenvalue weighted by Crippen LogP contribution is 2.26. The monoisotopic (exact) mass is 235 g/mol. The van der Waals surface area contributed by atoms with Crippen LogP contribution in [-0.2, 0) is 11.3 Å². The highest BCUT2D eigenvalue weighted by atomic mass is 16.2. The van der Waals surface area contributed by atoms with Gasteiger partial charge in [-0.2, -0.15) is 0 Å². The second-order valence-electron chi connectivity index (χ2n) is 4.89. The van der Waals surface area contributed by atoms with E-state index in [-0.39, 0.29) is 5.91 Å². The van der Waals surface area contributed by atoms with E-state index in [0.29, 0.717) is 24.8 Å². The molecule has 0 bridgehead atoms. The Morgan fingerprint density at radius 1 is 1.35 bits per heavy atom. The molecule has 0 aromatic carbocycles. The van der Waals surface area contributed by atoms with Gasteiger partial charge in [-0.3, -0.25) is 9.48 Å². The lowest BCUT2D eigenvalue weighted by Gasteiger charge is -2.17. The van der Waals surface area contributed by atoms with Crippen LogP contribution in [0.4, 0.5) is 0 Å². The quantitative estimate of drug-likeness (QED) is 0.756. The molecule has 2 unspecified atom stereocenters. The van der Waals surface area contributed by atoms with Gasteiger partial charge in [0.05, 0.1) is 12.7 Å². The third kappa shape index (κ3) is 2.17. The molecule has 3 heterocycles. The van der Waals surface area contributed by atoms with E-state index < -0.39 is 0 Å². The number of fused-ring (bicyclic) bond motifs is 1. The summed E-state index contributed by atoms with van der Waals surface area (Å²) in [7, 11) is 0. The average molecular weight is 235 g/mol. The van der Waals surface area contributed by atoms with Crippen molar-refractivity contribution in [3.63, 3.8) is 0 Å². The number of nitrogens with zero attached hydrogens (tertiary/aromatic N) is 4. The molecule has 0 spiro atoms. The predicted molar refractivity (Wildman–Crippen MR) is 61.1 cm³/mol. The van der Waals surface area contributed by atoms with Crippen molar-refractivity contribution in [3.8, 4) is 0 Å². The maximum Gasteiger partial charge on any atom is 0.224 e. The molecule has 17 heavy (non-hydrogen) atoms. The number of aryl methyl sites for hydroxylation is 1. The Hall–Kier alpha value is -1.43. The molecule has 6 nitrogen and oxygen atoms in total. The van der Waals surface area contributed by atoms with Gasteiger partial charge in [-0.25, -0.2) is 0 Å². The molecule has 1 N–H and O–H groups in total. The largest absolute Gasteiger partial charge is 0.342 e. The van der Waals surface area contributed by atoms with E-state index in [1.54, 1.807) is 17.1 Å². The summed E-state index contributed by atoms with van der Waals surface area (Å²) in [5.41, 5.74) is 0. The van der Waals surface area contributed by atoms with E-state index >= 15 is 0 Å². The molecule has 2 fully saturated rings. The van der Waals surface area contributed by atoms with Gasteiger partial charge in [0.25, 0.3) is 0 Å². The Morgan fingerprint density at radius 2 is 2.12 bits per heavy atom. The molecular formula is C11H17N5O.